The van der Waals surface area contributed by atoms with Crippen LogP contribution in [0.2, 0.25) is 0 Å². The molecule has 1 N–H and O–H groups in total. The van der Waals surface area contributed by atoms with E-state index in [4.69, 9.17) is 10.4 Å². The van der Waals surface area contributed by atoms with E-state index in [1.165, 1.54) is 23.9 Å². The number of thioether (sulfide) groups is 1. The summed E-state index contributed by atoms with van der Waals surface area (Å²) in [7, 11) is 0. The molecule has 0 fully saturated rings. The molecule has 0 spiro atoms. The largest absolute Gasteiger partial charge is 0.478 e. The summed E-state index contributed by atoms with van der Waals surface area (Å²) < 4.78 is 13.2. The van der Waals surface area contributed by atoms with Gasteiger partial charge in [0.05, 0.1) is 11.1 Å². The summed E-state index contributed by atoms with van der Waals surface area (Å²) in [4.78, 5) is 11.2. The number of hydrogen-bond acceptors (Lipinski definition) is 3. The van der Waals surface area contributed by atoms with Gasteiger partial charge in [-0.2, -0.15) is 5.26 Å². The van der Waals surface area contributed by atoms with Crippen LogP contribution >= 0.6 is 11.8 Å². The minimum absolute atomic E-state index is 0.241. The molecule has 0 aliphatic carbocycles. The lowest BCUT2D eigenvalue weighted by molar-refractivity contribution is 0.0691. The molecule has 0 aliphatic rings. The molecule has 0 aliphatic heterocycles. The zero-order chi connectivity index (χ0) is 10.7. The smallest absolute Gasteiger partial charge is 0.338 e. The average molecular weight is 211 g/mol. The zero-order valence-electron chi connectivity index (χ0n) is 7.24. The predicted molar refractivity (Wildman–Crippen MR) is 49.9 cm³/mol. The van der Waals surface area contributed by atoms with E-state index in [-0.39, 0.29) is 5.56 Å². The van der Waals surface area contributed by atoms with E-state index in [1.54, 1.807) is 12.3 Å². The number of carboxylic acids is 1. The second-order valence-electron chi connectivity index (χ2n) is 2.45. The molecule has 0 saturated carbocycles. The Morgan fingerprint density at radius 1 is 1.64 bits per heavy atom. The van der Waals surface area contributed by atoms with Gasteiger partial charge in [0.1, 0.15) is 6.07 Å². The van der Waals surface area contributed by atoms with Crippen molar-refractivity contribution in [3.05, 3.63) is 29.1 Å². The van der Waals surface area contributed by atoms with E-state index < -0.39 is 17.3 Å². The van der Waals surface area contributed by atoms with E-state index >= 15 is 0 Å². The topological polar surface area (TPSA) is 61.1 Å². The summed E-state index contributed by atoms with van der Waals surface area (Å²) in [6.07, 6.45) is 1.72. The Hall–Kier alpha value is -1.54. The SMILES string of the molecule is CSc1cc(C#N)c(F)c(C(=O)O)c1. The van der Waals surface area contributed by atoms with Crippen LogP contribution in [0.3, 0.4) is 0 Å². The van der Waals surface area contributed by atoms with Gasteiger partial charge in [0.15, 0.2) is 5.82 Å². The van der Waals surface area contributed by atoms with Crippen molar-refractivity contribution in [2.45, 2.75) is 4.90 Å². The molecule has 0 bridgehead atoms. The molecule has 1 aromatic rings. The summed E-state index contributed by atoms with van der Waals surface area (Å²) >= 11 is 1.26. The maximum Gasteiger partial charge on any atom is 0.338 e. The highest BCUT2D eigenvalue weighted by Crippen LogP contribution is 2.22. The normalized spacial score (nSPS) is 9.50. The van der Waals surface area contributed by atoms with Crippen LogP contribution in [-0.2, 0) is 0 Å². The van der Waals surface area contributed by atoms with Crippen LogP contribution in [0.5, 0.6) is 0 Å². The molecule has 1 aromatic carbocycles. The fraction of sp³-hybridized carbons (Fsp3) is 0.111. The van der Waals surface area contributed by atoms with Crippen LogP contribution in [0.1, 0.15) is 15.9 Å². The van der Waals surface area contributed by atoms with E-state index in [0.717, 1.165) is 0 Å². The molecule has 0 saturated heterocycles. The highest BCUT2D eigenvalue weighted by molar-refractivity contribution is 7.98. The standard InChI is InChI=1S/C9H6FNO2S/c1-14-6-2-5(4-11)8(10)7(3-6)9(12)13/h2-3H,1H3,(H,12,13). The van der Waals surface area contributed by atoms with Crippen LogP contribution in [0.4, 0.5) is 4.39 Å². The van der Waals surface area contributed by atoms with Crippen molar-refractivity contribution in [3.63, 3.8) is 0 Å². The fourth-order valence-corrected chi connectivity index (χ4v) is 1.42. The number of benzene rings is 1. The van der Waals surface area contributed by atoms with E-state index in [1.807, 2.05) is 0 Å². The molecule has 0 amide bonds. The van der Waals surface area contributed by atoms with E-state index in [9.17, 15) is 9.18 Å². The Kier molecular flexibility index (Phi) is 3.10. The van der Waals surface area contributed by atoms with Gasteiger partial charge in [-0.1, -0.05) is 0 Å². The molecule has 0 heterocycles. The highest BCUT2D eigenvalue weighted by atomic mass is 32.2. The number of aromatic carboxylic acids is 1. The van der Waals surface area contributed by atoms with Crippen molar-refractivity contribution < 1.29 is 14.3 Å². The van der Waals surface area contributed by atoms with Crippen LogP contribution in [0, 0.1) is 17.1 Å². The monoisotopic (exact) mass is 211 g/mol. The van der Waals surface area contributed by atoms with Crippen LogP contribution in [-0.4, -0.2) is 17.3 Å². The summed E-state index contributed by atoms with van der Waals surface area (Å²) in [5.74, 6) is -2.34. The Morgan fingerprint density at radius 2 is 2.29 bits per heavy atom. The fourth-order valence-electron chi connectivity index (χ4n) is 0.953. The van der Waals surface area contributed by atoms with Gasteiger partial charge >= 0.3 is 5.97 Å². The van der Waals surface area contributed by atoms with Crippen molar-refractivity contribution in [2.24, 2.45) is 0 Å². The Balaban J connectivity index is 3.44. The first-order valence-electron chi connectivity index (χ1n) is 3.61. The lowest BCUT2D eigenvalue weighted by Crippen LogP contribution is -2.02. The molecule has 0 atom stereocenters. The van der Waals surface area contributed by atoms with Crippen molar-refractivity contribution in [1.82, 2.24) is 0 Å². The van der Waals surface area contributed by atoms with Crippen LogP contribution in [0.15, 0.2) is 17.0 Å². The summed E-state index contributed by atoms with van der Waals surface area (Å²) in [6, 6.07) is 4.15. The lowest BCUT2D eigenvalue weighted by Gasteiger charge is -2.02. The van der Waals surface area contributed by atoms with Crippen LogP contribution < -0.4 is 0 Å². The van der Waals surface area contributed by atoms with Crippen molar-refractivity contribution in [2.75, 3.05) is 6.26 Å². The maximum atomic E-state index is 13.2. The predicted octanol–water partition coefficient (Wildman–Crippen LogP) is 2.12. The molecule has 0 unspecified atom stereocenters. The number of carbonyl (C=O) groups is 1. The number of nitrogens with zero attached hydrogens (tertiary/aromatic N) is 1. The summed E-state index contributed by atoms with van der Waals surface area (Å²) in [5.41, 5.74) is -0.706. The first kappa shape index (κ1) is 10.5. The van der Waals surface area contributed by atoms with Gasteiger partial charge in [-0.15, -0.1) is 11.8 Å². The third-order valence-electron chi connectivity index (χ3n) is 1.63. The molecule has 1 rings (SSSR count). The first-order valence-corrected chi connectivity index (χ1v) is 4.83. The minimum atomic E-state index is -1.37. The van der Waals surface area contributed by atoms with Gasteiger partial charge in [-0.05, 0) is 18.4 Å². The molecule has 14 heavy (non-hydrogen) atoms. The molecule has 3 nitrogen and oxygen atoms in total. The number of hydrogen-bond donors (Lipinski definition) is 1. The second kappa shape index (κ2) is 4.11. The third-order valence-corrected chi connectivity index (χ3v) is 2.34. The number of nitriles is 1. The van der Waals surface area contributed by atoms with Crippen molar-refractivity contribution >= 4 is 17.7 Å². The van der Waals surface area contributed by atoms with Crippen molar-refractivity contribution in [1.29, 1.82) is 5.26 Å². The van der Waals surface area contributed by atoms with Gasteiger partial charge in [-0.3, -0.25) is 0 Å². The summed E-state index contributed by atoms with van der Waals surface area (Å²) in [5, 5.41) is 17.2. The number of rotatable bonds is 2. The van der Waals surface area contributed by atoms with Gasteiger partial charge in [0.25, 0.3) is 0 Å². The van der Waals surface area contributed by atoms with Gasteiger partial charge in [0, 0.05) is 4.90 Å². The average Bonchev–Trinajstić information content (AvgIpc) is 2.17. The molecular weight excluding hydrogens is 205 g/mol. The summed E-state index contributed by atoms with van der Waals surface area (Å²) in [6.45, 7) is 0. The molecular formula is C9H6FNO2S. The number of halogens is 1. The Labute approximate surface area is 84.2 Å². The lowest BCUT2D eigenvalue weighted by atomic mass is 10.1. The quantitative estimate of drug-likeness (QED) is 0.761. The molecule has 5 heteroatoms. The Morgan fingerprint density at radius 3 is 2.71 bits per heavy atom. The van der Waals surface area contributed by atoms with Gasteiger partial charge < -0.3 is 5.11 Å². The third kappa shape index (κ3) is 1.86. The van der Waals surface area contributed by atoms with Crippen LogP contribution in [0.25, 0.3) is 0 Å². The molecule has 72 valence electrons. The zero-order valence-corrected chi connectivity index (χ0v) is 8.06. The second-order valence-corrected chi connectivity index (χ2v) is 3.33. The van der Waals surface area contributed by atoms with E-state index in [0.29, 0.717) is 4.90 Å². The molecule has 0 aromatic heterocycles. The Bertz CT molecular complexity index is 426. The maximum absolute atomic E-state index is 13.2. The minimum Gasteiger partial charge on any atom is -0.478 e. The van der Waals surface area contributed by atoms with E-state index in [2.05, 4.69) is 0 Å². The van der Waals surface area contributed by atoms with Crippen molar-refractivity contribution in [3.8, 4) is 6.07 Å². The molecule has 0 radical (unpaired) electrons. The first-order chi connectivity index (χ1) is 6.60. The van der Waals surface area contributed by atoms with Gasteiger partial charge in [-0.25, -0.2) is 9.18 Å². The van der Waals surface area contributed by atoms with Gasteiger partial charge in [0.2, 0.25) is 0 Å². The highest BCUT2D eigenvalue weighted by Gasteiger charge is 2.15. The number of carboxylic acid groups (broad SMARTS) is 1.